The molecule has 0 aliphatic carbocycles. The smallest absolute Gasteiger partial charge is 0.421 e. The van der Waals surface area contributed by atoms with Crippen LogP contribution in [0.25, 0.3) is 11.1 Å². The lowest BCUT2D eigenvalue weighted by atomic mass is 10.0. The van der Waals surface area contributed by atoms with Crippen molar-refractivity contribution in [1.29, 1.82) is 0 Å². The van der Waals surface area contributed by atoms with Gasteiger partial charge in [-0.1, -0.05) is 67.4 Å². The summed E-state index contributed by atoms with van der Waals surface area (Å²) >= 11 is 6.16. The SMILES string of the molecule is CCCCc1nc(Cl)c(C=O)n1Cc1ccc(-c2ccccc2S(=O)(=O)NC(=O)OCC)cc1. The lowest BCUT2D eigenvalue weighted by Crippen LogP contribution is -2.31. The summed E-state index contributed by atoms with van der Waals surface area (Å²) in [5.74, 6) is 0.750. The fraction of sp³-hybridized carbons (Fsp3) is 0.292. The number of nitrogens with zero attached hydrogens (tertiary/aromatic N) is 2. The molecule has 8 nitrogen and oxygen atoms in total. The van der Waals surface area contributed by atoms with Gasteiger partial charge in [0.1, 0.15) is 11.5 Å². The van der Waals surface area contributed by atoms with Gasteiger partial charge in [-0.2, -0.15) is 0 Å². The molecule has 0 bridgehead atoms. The molecule has 1 N–H and O–H groups in total. The average molecular weight is 504 g/mol. The van der Waals surface area contributed by atoms with Gasteiger partial charge in [0.2, 0.25) is 0 Å². The summed E-state index contributed by atoms with van der Waals surface area (Å²) in [7, 11) is -4.13. The molecule has 3 rings (SSSR count). The molecule has 3 aromatic rings. The van der Waals surface area contributed by atoms with E-state index in [-0.39, 0.29) is 16.7 Å². The zero-order chi connectivity index (χ0) is 24.7. The van der Waals surface area contributed by atoms with Crippen molar-refractivity contribution in [2.45, 2.75) is 44.6 Å². The van der Waals surface area contributed by atoms with Crippen molar-refractivity contribution in [2.75, 3.05) is 6.61 Å². The zero-order valence-electron chi connectivity index (χ0n) is 19.0. The Morgan fingerprint density at radius 2 is 1.85 bits per heavy atom. The van der Waals surface area contributed by atoms with E-state index in [4.69, 9.17) is 16.3 Å². The van der Waals surface area contributed by atoms with Gasteiger partial charge < -0.3 is 9.30 Å². The maximum Gasteiger partial charge on any atom is 0.421 e. The minimum Gasteiger partial charge on any atom is -0.449 e. The van der Waals surface area contributed by atoms with Gasteiger partial charge in [-0.05, 0) is 30.5 Å². The maximum atomic E-state index is 12.7. The van der Waals surface area contributed by atoms with E-state index in [9.17, 15) is 18.0 Å². The molecule has 2 aromatic carbocycles. The van der Waals surface area contributed by atoms with Crippen LogP contribution in [-0.2, 0) is 27.7 Å². The van der Waals surface area contributed by atoms with E-state index in [1.54, 1.807) is 37.3 Å². The number of aromatic nitrogens is 2. The minimum atomic E-state index is -4.13. The molecule has 0 spiro atoms. The average Bonchev–Trinajstić information content (AvgIpc) is 3.11. The van der Waals surface area contributed by atoms with Crippen LogP contribution in [0.2, 0.25) is 5.15 Å². The summed E-state index contributed by atoms with van der Waals surface area (Å²) in [6.07, 6.45) is 2.30. The molecule has 1 heterocycles. The molecule has 34 heavy (non-hydrogen) atoms. The highest BCUT2D eigenvalue weighted by atomic mass is 35.5. The normalized spacial score (nSPS) is 11.3. The Hall–Kier alpha value is -3.17. The highest BCUT2D eigenvalue weighted by Gasteiger charge is 2.22. The topological polar surface area (TPSA) is 107 Å². The number of aldehydes is 1. The maximum absolute atomic E-state index is 12.7. The van der Waals surface area contributed by atoms with Crippen molar-refractivity contribution in [3.05, 3.63) is 70.8 Å². The van der Waals surface area contributed by atoms with Crippen LogP contribution in [0.4, 0.5) is 4.79 Å². The Kier molecular flexibility index (Phi) is 8.46. The first-order valence-corrected chi connectivity index (χ1v) is 12.7. The standard InChI is InChI=1S/C24H26ClN3O5S/c1-3-5-10-22-26-23(25)20(16-29)28(22)15-17-11-13-18(14-12-17)19-8-6-7-9-21(19)34(31,32)27-24(30)33-4-2/h6-9,11-14,16H,3-5,10,15H2,1-2H3,(H,27,30). The third kappa shape index (κ3) is 5.84. The van der Waals surface area contributed by atoms with Crippen LogP contribution < -0.4 is 4.72 Å². The summed E-state index contributed by atoms with van der Waals surface area (Å²) in [5, 5.41) is 0.186. The molecule has 0 fully saturated rings. The first-order valence-electron chi connectivity index (χ1n) is 10.9. The summed E-state index contributed by atoms with van der Waals surface area (Å²) < 4.78 is 33.9. The number of halogens is 1. The fourth-order valence-electron chi connectivity index (χ4n) is 3.53. The predicted molar refractivity (Wildman–Crippen MR) is 130 cm³/mol. The largest absolute Gasteiger partial charge is 0.449 e. The highest BCUT2D eigenvalue weighted by molar-refractivity contribution is 7.90. The molecule has 0 unspecified atom stereocenters. The number of amides is 1. The van der Waals surface area contributed by atoms with E-state index in [1.807, 2.05) is 21.4 Å². The van der Waals surface area contributed by atoms with Gasteiger partial charge in [-0.25, -0.2) is 22.9 Å². The first-order chi connectivity index (χ1) is 16.3. The number of ether oxygens (including phenoxy) is 1. The lowest BCUT2D eigenvalue weighted by molar-refractivity contribution is 0.111. The van der Waals surface area contributed by atoms with Gasteiger partial charge in [-0.3, -0.25) is 4.79 Å². The quantitative estimate of drug-likeness (QED) is 0.396. The van der Waals surface area contributed by atoms with Crippen molar-refractivity contribution in [3.8, 4) is 11.1 Å². The van der Waals surface area contributed by atoms with E-state index >= 15 is 0 Å². The number of sulfonamides is 1. The van der Waals surface area contributed by atoms with E-state index in [1.165, 1.54) is 6.07 Å². The number of carbonyl (C=O) groups excluding carboxylic acids is 2. The molecule has 1 amide bonds. The van der Waals surface area contributed by atoms with E-state index in [2.05, 4.69) is 11.9 Å². The molecule has 10 heteroatoms. The Bertz CT molecular complexity index is 1270. The summed E-state index contributed by atoms with van der Waals surface area (Å²) in [4.78, 5) is 27.6. The fourth-order valence-corrected chi connectivity index (χ4v) is 4.90. The summed E-state index contributed by atoms with van der Waals surface area (Å²) in [6.45, 7) is 4.12. The number of aryl methyl sites for hydroxylation is 1. The van der Waals surface area contributed by atoms with Crippen LogP contribution in [0.3, 0.4) is 0 Å². The molecule has 1 aromatic heterocycles. The number of hydrogen-bond acceptors (Lipinski definition) is 6. The third-order valence-electron chi connectivity index (χ3n) is 5.18. The molecule has 0 saturated heterocycles. The highest BCUT2D eigenvalue weighted by Crippen LogP contribution is 2.28. The molecule has 0 saturated carbocycles. The van der Waals surface area contributed by atoms with Gasteiger partial charge in [-0.15, -0.1) is 0 Å². The number of imidazole rings is 1. The Morgan fingerprint density at radius 3 is 2.50 bits per heavy atom. The van der Waals surface area contributed by atoms with Crippen molar-refractivity contribution in [2.24, 2.45) is 0 Å². The van der Waals surface area contributed by atoms with Crippen molar-refractivity contribution < 1.29 is 22.7 Å². The molecular weight excluding hydrogens is 478 g/mol. The van der Waals surface area contributed by atoms with Crippen LogP contribution in [0.15, 0.2) is 53.4 Å². The Labute approximate surface area is 204 Å². The number of unbranched alkanes of at least 4 members (excludes halogenated alkanes) is 1. The van der Waals surface area contributed by atoms with E-state index in [0.29, 0.717) is 36.1 Å². The first kappa shape index (κ1) is 25.5. The zero-order valence-corrected chi connectivity index (χ0v) is 20.5. The Morgan fingerprint density at radius 1 is 1.15 bits per heavy atom. The van der Waals surface area contributed by atoms with E-state index < -0.39 is 16.1 Å². The molecule has 0 radical (unpaired) electrons. The van der Waals surface area contributed by atoms with Crippen molar-refractivity contribution in [1.82, 2.24) is 14.3 Å². The van der Waals surface area contributed by atoms with Crippen molar-refractivity contribution >= 4 is 34.0 Å². The van der Waals surface area contributed by atoms with Gasteiger partial charge >= 0.3 is 6.09 Å². The molecule has 180 valence electrons. The second-order valence-electron chi connectivity index (χ2n) is 7.53. The summed E-state index contributed by atoms with van der Waals surface area (Å²) in [5.41, 5.74) is 2.31. The van der Waals surface area contributed by atoms with Crippen LogP contribution in [-0.4, -0.2) is 37.0 Å². The third-order valence-corrected chi connectivity index (χ3v) is 6.83. The van der Waals surface area contributed by atoms with Crippen molar-refractivity contribution in [3.63, 3.8) is 0 Å². The van der Waals surface area contributed by atoms with Crippen LogP contribution in [0.1, 0.15) is 48.6 Å². The van der Waals surface area contributed by atoms with E-state index in [0.717, 1.165) is 24.2 Å². The predicted octanol–water partition coefficient (Wildman–Crippen LogP) is 4.84. The van der Waals surface area contributed by atoms with Crippen LogP contribution >= 0.6 is 11.6 Å². The van der Waals surface area contributed by atoms with Gasteiger partial charge in [0.15, 0.2) is 11.4 Å². The number of hydrogen-bond donors (Lipinski definition) is 1. The molecule has 0 aliphatic heterocycles. The number of nitrogens with one attached hydrogen (secondary N) is 1. The molecular formula is C24H26ClN3O5S. The van der Waals surface area contributed by atoms with Gasteiger partial charge in [0.05, 0.1) is 11.5 Å². The second kappa shape index (κ2) is 11.3. The van der Waals surface area contributed by atoms with Crippen LogP contribution in [0, 0.1) is 0 Å². The van der Waals surface area contributed by atoms with Gasteiger partial charge in [0.25, 0.3) is 10.0 Å². The monoisotopic (exact) mass is 503 g/mol. The number of carbonyl (C=O) groups is 2. The van der Waals surface area contributed by atoms with Crippen LogP contribution in [0.5, 0.6) is 0 Å². The van der Waals surface area contributed by atoms with Gasteiger partial charge in [0, 0.05) is 18.5 Å². The lowest BCUT2D eigenvalue weighted by Gasteiger charge is -2.13. The summed E-state index contributed by atoms with van der Waals surface area (Å²) in [6, 6.07) is 13.7. The number of benzene rings is 2. The number of rotatable bonds is 10. The molecule has 0 atom stereocenters. The minimum absolute atomic E-state index is 0.0395. The molecule has 0 aliphatic rings. The Balaban J connectivity index is 1.90. The second-order valence-corrected chi connectivity index (χ2v) is 9.54.